The molecule has 0 unspecified atom stereocenters. The van der Waals surface area contributed by atoms with Crippen molar-refractivity contribution in [1.29, 1.82) is 0 Å². The van der Waals surface area contributed by atoms with Crippen LogP contribution in [0.5, 0.6) is 0 Å². The molecule has 0 aliphatic heterocycles. The van der Waals surface area contributed by atoms with E-state index in [0.717, 1.165) is 17.7 Å². The molecule has 0 saturated heterocycles. The van der Waals surface area contributed by atoms with Crippen molar-refractivity contribution in [1.82, 2.24) is 5.32 Å². The van der Waals surface area contributed by atoms with E-state index in [1.807, 2.05) is 43.0 Å². The van der Waals surface area contributed by atoms with Crippen molar-refractivity contribution in [2.75, 3.05) is 18.1 Å². The van der Waals surface area contributed by atoms with Crippen LogP contribution in [0.25, 0.3) is 0 Å². The Balaban J connectivity index is 2.39. The summed E-state index contributed by atoms with van der Waals surface area (Å²) in [5, 5.41) is 6.22. The number of hydrogen-bond donors (Lipinski definition) is 2. The van der Waals surface area contributed by atoms with Gasteiger partial charge in [0.25, 0.3) is 0 Å². The number of carbonyl (C=O) groups excluding carboxylic acids is 1. The lowest BCUT2D eigenvalue weighted by molar-refractivity contribution is -0.115. The molecule has 1 rings (SSSR count). The van der Waals surface area contributed by atoms with Gasteiger partial charge >= 0.3 is 0 Å². The molecule has 4 heteroatoms. The van der Waals surface area contributed by atoms with Gasteiger partial charge in [-0.3, -0.25) is 4.79 Å². The van der Waals surface area contributed by atoms with E-state index in [1.165, 1.54) is 0 Å². The second-order valence-electron chi connectivity index (χ2n) is 5.81. The molecular formula is C16H26N2OS. The van der Waals surface area contributed by atoms with Crippen molar-refractivity contribution in [3.63, 3.8) is 0 Å². The number of aryl methyl sites for hydroxylation is 1. The van der Waals surface area contributed by atoms with E-state index in [-0.39, 0.29) is 10.7 Å². The number of nitrogens with one attached hydrogen (secondary N) is 2. The zero-order valence-electron chi connectivity index (χ0n) is 13.1. The van der Waals surface area contributed by atoms with E-state index < -0.39 is 0 Å². The summed E-state index contributed by atoms with van der Waals surface area (Å²) in [6.45, 7) is 8.91. The van der Waals surface area contributed by atoms with Gasteiger partial charge in [-0.1, -0.05) is 32.0 Å². The molecule has 0 radical (unpaired) electrons. The summed E-state index contributed by atoms with van der Waals surface area (Å²) in [6, 6.07) is 8.13. The van der Waals surface area contributed by atoms with E-state index >= 15 is 0 Å². The van der Waals surface area contributed by atoms with E-state index in [9.17, 15) is 4.79 Å². The number of para-hydroxylation sites is 1. The van der Waals surface area contributed by atoms with E-state index in [1.54, 1.807) is 0 Å². The Labute approximate surface area is 126 Å². The minimum atomic E-state index is 0.00751. The molecular weight excluding hydrogens is 268 g/mol. The van der Waals surface area contributed by atoms with Gasteiger partial charge in [0.05, 0.1) is 6.54 Å². The van der Waals surface area contributed by atoms with Gasteiger partial charge in [-0.2, -0.15) is 11.8 Å². The van der Waals surface area contributed by atoms with Crippen molar-refractivity contribution in [2.24, 2.45) is 0 Å². The summed E-state index contributed by atoms with van der Waals surface area (Å²) in [4.78, 5) is 11.9. The monoisotopic (exact) mass is 294 g/mol. The van der Waals surface area contributed by atoms with Gasteiger partial charge in [0.2, 0.25) is 5.91 Å². The van der Waals surface area contributed by atoms with Crippen LogP contribution in [0.1, 0.15) is 32.8 Å². The molecule has 20 heavy (non-hydrogen) atoms. The fourth-order valence-corrected chi connectivity index (χ4v) is 2.48. The minimum Gasteiger partial charge on any atom is -0.325 e. The van der Waals surface area contributed by atoms with E-state index in [4.69, 9.17) is 0 Å². The number of benzene rings is 1. The zero-order valence-corrected chi connectivity index (χ0v) is 13.9. The summed E-state index contributed by atoms with van der Waals surface area (Å²) < 4.78 is 0.235. The maximum absolute atomic E-state index is 11.9. The van der Waals surface area contributed by atoms with Crippen LogP contribution in [-0.2, 0) is 4.79 Å². The standard InChI is InChI=1S/C16H26N2OS/c1-12-8-6-7-9-14(12)18-15(19)11-17-13(2)10-16(3,4)20-5/h6-9,13,17H,10-11H2,1-5H3,(H,18,19)/t13-/m1/s1. The highest BCUT2D eigenvalue weighted by Crippen LogP contribution is 2.26. The number of hydrogen-bond acceptors (Lipinski definition) is 3. The Morgan fingerprint density at radius 3 is 2.60 bits per heavy atom. The van der Waals surface area contributed by atoms with Crippen LogP contribution in [0.3, 0.4) is 0 Å². The first kappa shape index (κ1) is 17.1. The molecule has 0 fully saturated rings. The molecule has 1 aromatic carbocycles. The number of anilines is 1. The van der Waals surface area contributed by atoms with Crippen LogP contribution in [0.2, 0.25) is 0 Å². The highest BCUT2D eigenvalue weighted by Gasteiger charge is 2.19. The number of rotatable bonds is 7. The molecule has 1 aromatic rings. The van der Waals surface area contributed by atoms with Crippen LogP contribution in [0, 0.1) is 6.92 Å². The Morgan fingerprint density at radius 1 is 1.35 bits per heavy atom. The summed E-state index contributed by atoms with van der Waals surface area (Å²) in [5.41, 5.74) is 1.97. The van der Waals surface area contributed by atoms with Crippen LogP contribution in [0.15, 0.2) is 24.3 Å². The molecule has 2 N–H and O–H groups in total. The van der Waals surface area contributed by atoms with Gasteiger partial charge in [-0.15, -0.1) is 0 Å². The maximum Gasteiger partial charge on any atom is 0.238 e. The van der Waals surface area contributed by atoms with Crippen molar-refractivity contribution in [3.8, 4) is 0 Å². The Kier molecular flexibility index (Phi) is 6.56. The van der Waals surface area contributed by atoms with Gasteiger partial charge in [-0.05, 0) is 38.2 Å². The summed E-state index contributed by atoms with van der Waals surface area (Å²) in [5.74, 6) is 0.00751. The quantitative estimate of drug-likeness (QED) is 0.809. The first-order valence-corrected chi connectivity index (χ1v) is 8.20. The molecule has 3 nitrogen and oxygen atoms in total. The lowest BCUT2D eigenvalue weighted by Gasteiger charge is -2.26. The van der Waals surface area contributed by atoms with Crippen LogP contribution in [0.4, 0.5) is 5.69 Å². The summed E-state index contributed by atoms with van der Waals surface area (Å²) >= 11 is 1.85. The second kappa shape index (κ2) is 7.70. The third-order valence-corrected chi connectivity index (χ3v) is 4.65. The van der Waals surface area contributed by atoms with Gasteiger partial charge in [0, 0.05) is 16.5 Å². The Bertz CT molecular complexity index is 446. The van der Waals surface area contributed by atoms with Crippen LogP contribution >= 0.6 is 11.8 Å². The number of thioether (sulfide) groups is 1. The molecule has 1 amide bonds. The molecule has 112 valence electrons. The molecule has 1 atom stereocenters. The largest absolute Gasteiger partial charge is 0.325 e. The summed E-state index contributed by atoms with van der Waals surface area (Å²) in [7, 11) is 0. The lowest BCUT2D eigenvalue weighted by Crippen LogP contribution is -2.37. The third-order valence-electron chi connectivity index (χ3n) is 3.38. The maximum atomic E-state index is 11.9. The Hall–Kier alpha value is -1.00. The van der Waals surface area contributed by atoms with Gasteiger partial charge < -0.3 is 10.6 Å². The average Bonchev–Trinajstić information content (AvgIpc) is 2.39. The van der Waals surface area contributed by atoms with Crippen LogP contribution < -0.4 is 10.6 Å². The average molecular weight is 294 g/mol. The molecule has 0 bridgehead atoms. The van der Waals surface area contributed by atoms with Gasteiger partial charge in [0.1, 0.15) is 0 Å². The highest BCUT2D eigenvalue weighted by atomic mass is 32.2. The van der Waals surface area contributed by atoms with Gasteiger partial charge in [0.15, 0.2) is 0 Å². The molecule has 0 spiro atoms. The predicted molar refractivity (Wildman–Crippen MR) is 89.5 cm³/mol. The molecule has 0 aromatic heterocycles. The van der Waals surface area contributed by atoms with E-state index in [2.05, 4.69) is 37.7 Å². The lowest BCUT2D eigenvalue weighted by atomic mass is 10.0. The fraction of sp³-hybridized carbons (Fsp3) is 0.562. The normalized spacial score (nSPS) is 13.1. The number of amides is 1. The van der Waals surface area contributed by atoms with E-state index in [0.29, 0.717) is 12.6 Å². The van der Waals surface area contributed by atoms with Gasteiger partial charge in [-0.25, -0.2) is 0 Å². The molecule has 0 heterocycles. The first-order chi connectivity index (χ1) is 9.34. The smallest absolute Gasteiger partial charge is 0.238 e. The Morgan fingerprint density at radius 2 is 2.00 bits per heavy atom. The zero-order chi connectivity index (χ0) is 15.2. The summed E-state index contributed by atoms with van der Waals surface area (Å²) in [6.07, 6.45) is 3.16. The van der Waals surface area contributed by atoms with Crippen molar-refractivity contribution >= 4 is 23.4 Å². The molecule has 0 aliphatic rings. The van der Waals surface area contributed by atoms with Crippen LogP contribution in [-0.4, -0.2) is 29.5 Å². The third kappa shape index (κ3) is 5.97. The highest BCUT2D eigenvalue weighted by molar-refractivity contribution is 7.99. The SMILES string of the molecule is CSC(C)(C)C[C@@H](C)NCC(=O)Nc1ccccc1C. The fourth-order valence-electron chi connectivity index (χ4n) is 2.07. The van der Waals surface area contributed by atoms with Crippen molar-refractivity contribution in [3.05, 3.63) is 29.8 Å². The second-order valence-corrected chi connectivity index (χ2v) is 7.33. The first-order valence-electron chi connectivity index (χ1n) is 6.98. The molecule has 0 aliphatic carbocycles. The topological polar surface area (TPSA) is 41.1 Å². The number of carbonyl (C=O) groups is 1. The van der Waals surface area contributed by atoms with Crippen molar-refractivity contribution < 1.29 is 4.79 Å². The molecule has 0 saturated carbocycles. The predicted octanol–water partition coefficient (Wildman–Crippen LogP) is 3.44. The van der Waals surface area contributed by atoms with Crippen molar-refractivity contribution in [2.45, 2.75) is 44.9 Å². The minimum absolute atomic E-state index is 0.00751.